The molecule has 3 rings (SSSR count). The molecule has 0 saturated carbocycles. The zero-order valence-electron chi connectivity index (χ0n) is 15.6. The Bertz CT molecular complexity index is 785. The third-order valence-electron chi connectivity index (χ3n) is 4.94. The van der Waals surface area contributed by atoms with Crippen LogP contribution in [0.4, 0.5) is 5.69 Å². The second-order valence-corrected chi connectivity index (χ2v) is 6.64. The van der Waals surface area contributed by atoms with Crippen LogP contribution in [0.1, 0.15) is 35.7 Å². The monoisotopic (exact) mass is 358 g/mol. The number of benzene rings is 1. The number of carbonyl (C=O) groups excluding carboxylic acids is 1. The second kappa shape index (κ2) is 8.01. The zero-order valence-corrected chi connectivity index (χ0v) is 15.6. The zero-order chi connectivity index (χ0) is 18.6. The van der Waals surface area contributed by atoms with Crippen LogP contribution in [0, 0.1) is 6.92 Å². The van der Waals surface area contributed by atoms with Crippen molar-refractivity contribution in [2.45, 2.75) is 32.3 Å². The first-order chi connectivity index (χ1) is 12.6. The average Bonchev–Trinajstić information content (AvgIpc) is 2.67. The minimum atomic E-state index is -0.371. The molecule has 26 heavy (non-hydrogen) atoms. The van der Waals surface area contributed by atoms with Gasteiger partial charge in [-0.1, -0.05) is 11.6 Å². The van der Waals surface area contributed by atoms with Crippen LogP contribution in [-0.4, -0.2) is 50.0 Å². The summed E-state index contributed by atoms with van der Waals surface area (Å²) in [5.74, 6) is -0.371. The Morgan fingerprint density at radius 3 is 2.81 bits per heavy atom. The van der Waals surface area contributed by atoms with Crippen molar-refractivity contribution < 1.29 is 19.0 Å². The van der Waals surface area contributed by atoms with Crippen molar-refractivity contribution in [2.24, 2.45) is 0 Å². The summed E-state index contributed by atoms with van der Waals surface area (Å²) in [4.78, 5) is 16.9. The van der Waals surface area contributed by atoms with E-state index >= 15 is 0 Å². The van der Waals surface area contributed by atoms with E-state index in [1.807, 2.05) is 25.1 Å². The lowest BCUT2D eigenvalue weighted by atomic mass is 9.93. The fourth-order valence-corrected chi connectivity index (χ4v) is 3.31. The van der Waals surface area contributed by atoms with Crippen LogP contribution in [0.3, 0.4) is 0 Å². The first kappa shape index (κ1) is 18.6. The molecule has 0 aliphatic carbocycles. The van der Waals surface area contributed by atoms with Gasteiger partial charge in [0.1, 0.15) is 5.56 Å². The number of nitrogens with one attached hydrogen (secondary N) is 1. The fraction of sp³-hybridized carbons (Fsp3) is 0.500. The molecule has 6 heteroatoms. The molecule has 1 saturated heterocycles. The number of hydrogen-bond acceptors (Lipinski definition) is 6. The highest BCUT2D eigenvalue weighted by atomic mass is 16.5. The lowest BCUT2D eigenvalue weighted by Crippen LogP contribution is -2.44. The quantitative estimate of drug-likeness (QED) is 0.799. The van der Waals surface area contributed by atoms with Crippen LogP contribution < -0.4 is 5.32 Å². The minimum absolute atomic E-state index is 0.302. The van der Waals surface area contributed by atoms with Gasteiger partial charge < -0.3 is 19.5 Å². The molecule has 1 aromatic heterocycles. The summed E-state index contributed by atoms with van der Waals surface area (Å²) in [6.45, 7) is 6.09. The smallest absolute Gasteiger partial charge is 0.341 e. The molecule has 1 N–H and O–H groups in total. The first-order valence-corrected chi connectivity index (χ1v) is 9.02. The number of nitrogens with zero attached hydrogens (tertiary/aromatic N) is 1. The van der Waals surface area contributed by atoms with Gasteiger partial charge in [-0.25, -0.2) is 4.79 Å². The van der Waals surface area contributed by atoms with Gasteiger partial charge in [0.05, 0.1) is 23.4 Å². The summed E-state index contributed by atoms with van der Waals surface area (Å²) in [6.07, 6.45) is 3.21. The van der Waals surface area contributed by atoms with Crippen molar-refractivity contribution in [3.8, 4) is 0 Å². The number of rotatable bonds is 6. The van der Waals surface area contributed by atoms with E-state index in [0.29, 0.717) is 31.9 Å². The van der Waals surface area contributed by atoms with E-state index in [4.69, 9.17) is 14.2 Å². The van der Waals surface area contributed by atoms with Crippen molar-refractivity contribution in [1.82, 2.24) is 4.98 Å². The van der Waals surface area contributed by atoms with Gasteiger partial charge in [-0.15, -0.1) is 0 Å². The molecule has 0 atom stereocenters. The Morgan fingerprint density at radius 2 is 2.12 bits per heavy atom. The summed E-state index contributed by atoms with van der Waals surface area (Å²) in [5, 5.41) is 4.37. The highest BCUT2D eigenvalue weighted by molar-refractivity contribution is 6.05. The van der Waals surface area contributed by atoms with Gasteiger partial charge in [0.15, 0.2) is 0 Å². The van der Waals surface area contributed by atoms with Gasteiger partial charge in [0.2, 0.25) is 0 Å². The van der Waals surface area contributed by atoms with Crippen LogP contribution in [0.25, 0.3) is 10.9 Å². The number of ether oxygens (including phenoxy) is 3. The summed E-state index contributed by atoms with van der Waals surface area (Å²) in [6, 6.07) is 6.01. The Labute approximate surface area is 153 Å². The van der Waals surface area contributed by atoms with Crippen LogP contribution in [0.15, 0.2) is 24.4 Å². The third-order valence-corrected chi connectivity index (χ3v) is 4.94. The van der Waals surface area contributed by atoms with Gasteiger partial charge >= 0.3 is 5.97 Å². The van der Waals surface area contributed by atoms with Gasteiger partial charge in [-0.05, 0) is 26.0 Å². The van der Waals surface area contributed by atoms with E-state index in [1.54, 1.807) is 20.2 Å². The highest BCUT2D eigenvalue weighted by Gasteiger charge is 2.33. The fourth-order valence-electron chi connectivity index (χ4n) is 3.31. The molecule has 6 nitrogen and oxygen atoms in total. The number of carbonyl (C=O) groups is 1. The predicted molar refractivity (Wildman–Crippen MR) is 101 cm³/mol. The molecule has 0 spiro atoms. The van der Waals surface area contributed by atoms with E-state index in [-0.39, 0.29) is 11.6 Å². The number of hydrogen-bond donors (Lipinski definition) is 1. The average molecular weight is 358 g/mol. The summed E-state index contributed by atoms with van der Waals surface area (Å²) in [7, 11) is 1.73. The molecule has 2 aromatic rings. The van der Waals surface area contributed by atoms with Crippen LogP contribution in [0.2, 0.25) is 0 Å². The van der Waals surface area contributed by atoms with Crippen LogP contribution >= 0.6 is 0 Å². The highest BCUT2D eigenvalue weighted by Crippen LogP contribution is 2.30. The standard InChI is InChI=1S/C20H26N2O4/c1-4-26-19(23)16-12-21-17-6-5-14(2)11-15(17)18(16)22-13-20(24-3)7-9-25-10-8-20/h5-6,11-12H,4,7-10,13H2,1-3H3,(H,21,22). The van der Waals surface area contributed by atoms with Crippen molar-refractivity contribution in [3.63, 3.8) is 0 Å². The number of pyridine rings is 1. The molecular formula is C20H26N2O4. The molecule has 1 aliphatic rings. The number of esters is 1. The molecule has 1 aliphatic heterocycles. The van der Waals surface area contributed by atoms with Crippen molar-refractivity contribution >= 4 is 22.6 Å². The Balaban J connectivity index is 1.99. The van der Waals surface area contributed by atoms with E-state index in [0.717, 1.165) is 35.0 Å². The molecule has 0 radical (unpaired) electrons. The van der Waals surface area contributed by atoms with E-state index in [9.17, 15) is 4.79 Å². The van der Waals surface area contributed by atoms with Crippen LogP contribution in [0.5, 0.6) is 0 Å². The largest absolute Gasteiger partial charge is 0.462 e. The number of fused-ring (bicyclic) bond motifs is 1. The number of aryl methyl sites for hydroxylation is 1. The van der Waals surface area contributed by atoms with E-state index in [2.05, 4.69) is 10.3 Å². The maximum absolute atomic E-state index is 12.4. The van der Waals surface area contributed by atoms with E-state index in [1.165, 1.54) is 0 Å². The van der Waals surface area contributed by atoms with Crippen LogP contribution in [-0.2, 0) is 14.2 Å². The molecular weight excluding hydrogens is 332 g/mol. The first-order valence-electron chi connectivity index (χ1n) is 9.02. The Morgan fingerprint density at radius 1 is 1.35 bits per heavy atom. The number of methoxy groups -OCH3 is 1. The lowest BCUT2D eigenvalue weighted by Gasteiger charge is -2.36. The predicted octanol–water partition coefficient (Wildman–Crippen LogP) is 3.33. The molecule has 2 heterocycles. The molecule has 0 unspecified atom stereocenters. The summed E-state index contributed by atoms with van der Waals surface area (Å²) >= 11 is 0. The topological polar surface area (TPSA) is 69.7 Å². The van der Waals surface area contributed by atoms with E-state index < -0.39 is 0 Å². The lowest BCUT2D eigenvalue weighted by molar-refractivity contribution is -0.0807. The van der Waals surface area contributed by atoms with Crippen molar-refractivity contribution in [3.05, 3.63) is 35.5 Å². The molecule has 0 amide bonds. The third kappa shape index (κ3) is 3.81. The molecule has 1 fully saturated rings. The molecule has 1 aromatic carbocycles. The Kier molecular flexibility index (Phi) is 5.74. The van der Waals surface area contributed by atoms with Gasteiger partial charge in [0, 0.05) is 51.3 Å². The van der Waals surface area contributed by atoms with Gasteiger partial charge in [0.25, 0.3) is 0 Å². The summed E-state index contributed by atoms with van der Waals surface area (Å²) in [5.41, 5.74) is 2.84. The minimum Gasteiger partial charge on any atom is -0.462 e. The van der Waals surface area contributed by atoms with Crippen molar-refractivity contribution in [2.75, 3.05) is 38.8 Å². The van der Waals surface area contributed by atoms with Gasteiger partial charge in [-0.3, -0.25) is 4.98 Å². The maximum Gasteiger partial charge on any atom is 0.341 e. The SMILES string of the molecule is CCOC(=O)c1cnc2ccc(C)cc2c1NCC1(OC)CCOCC1. The Hall–Kier alpha value is -2.18. The normalized spacial score (nSPS) is 16.4. The number of anilines is 1. The maximum atomic E-state index is 12.4. The second-order valence-electron chi connectivity index (χ2n) is 6.64. The van der Waals surface area contributed by atoms with Gasteiger partial charge in [-0.2, -0.15) is 0 Å². The summed E-state index contributed by atoms with van der Waals surface area (Å²) < 4.78 is 16.5. The molecule has 140 valence electrons. The number of aromatic nitrogens is 1. The molecule has 0 bridgehead atoms. The van der Waals surface area contributed by atoms with Crippen molar-refractivity contribution in [1.29, 1.82) is 0 Å².